The number of carbonyl (C=O) groups excluding carboxylic acids is 1. The van der Waals surface area contributed by atoms with E-state index in [1.807, 2.05) is 42.5 Å². The number of hydrogen-bond acceptors (Lipinski definition) is 7. The molecule has 7 nitrogen and oxygen atoms in total. The first-order valence-corrected chi connectivity index (χ1v) is 11.7. The van der Waals surface area contributed by atoms with E-state index < -0.39 is 6.10 Å². The Labute approximate surface area is 207 Å². The molecule has 8 heteroatoms. The molecular weight excluding hydrogens is 460 g/mol. The van der Waals surface area contributed by atoms with E-state index in [1.165, 1.54) is 0 Å². The number of carbonyl (C=O) groups is 1. The van der Waals surface area contributed by atoms with Crippen molar-refractivity contribution in [2.75, 3.05) is 40.6 Å². The van der Waals surface area contributed by atoms with Crippen LogP contribution in [0.4, 0.5) is 0 Å². The summed E-state index contributed by atoms with van der Waals surface area (Å²) in [6, 6.07) is 13.7. The third-order valence-corrected chi connectivity index (χ3v) is 5.40. The Morgan fingerprint density at radius 2 is 1.71 bits per heavy atom. The molecule has 34 heavy (non-hydrogen) atoms. The Hall–Kier alpha value is -2.00. The first-order chi connectivity index (χ1) is 16.6. The van der Waals surface area contributed by atoms with Gasteiger partial charge in [-0.2, -0.15) is 0 Å². The monoisotopic (exact) mass is 496 g/mol. The summed E-state index contributed by atoms with van der Waals surface area (Å²) in [5.74, 6) is 0.917. The molecule has 1 heterocycles. The van der Waals surface area contributed by atoms with E-state index in [2.05, 4.69) is 6.92 Å². The molecule has 2 unspecified atom stereocenters. The van der Waals surface area contributed by atoms with Crippen LogP contribution in [0.2, 0.25) is 5.02 Å². The number of ketones is 1. The first kappa shape index (κ1) is 30.0. The molecule has 0 amide bonds. The Morgan fingerprint density at radius 1 is 1.00 bits per heavy atom. The highest BCUT2D eigenvalue weighted by atomic mass is 35.5. The summed E-state index contributed by atoms with van der Waals surface area (Å²) in [6.07, 6.45) is 1.48. The Morgan fingerprint density at radius 3 is 2.35 bits per heavy atom. The second-order valence-electron chi connectivity index (χ2n) is 7.51. The van der Waals surface area contributed by atoms with Crippen molar-refractivity contribution in [3.05, 3.63) is 64.2 Å². The summed E-state index contributed by atoms with van der Waals surface area (Å²) < 4.78 is 17.0. The zero-order valence-corrected chi connectivity index (χ0v) is 21.0. The maximum atomic E-state index is 12.0. The lowest BCUT2D eigenvalue weighted by atomic mass is 9.95. The molecule has 2 atom stereocenters. The van der Waals surface area contributed by atoms with Crippen LogP contribution in [0.3, 0.4) is 0 Å². The van der Waals surface area contributed by atoms with Gasteiger partial charge in [-0.05, 0) is 47.7 Å². The third-order valence-electron chi connectivity index (χ3n) is 5.03. The van der Waals surface area contributed by atoms with Crippen molar-refractivity contribution in [3.63, 3.8) is 0 Å². The fourth-order valence-corrected chi connectivity index (χ4v) is 3.68. The number of Topliss-reactive ketones (excluding diaryl/α,β-unsaturated/α-hetero) is 1. The van der Waals surface area contributed by atoms with Crippen molar-refractivity contribution >= 4 is 17.4 Å². The molecule has 0 bridgehead atoms. The van der Waals surface area contributed by atoms with Crippen LogP contribution in [0.1, 0.15) is 49.0 Å². The third kappa shape index (κ3) is 10.1. The highest BCUT2D eigenvalue weighted by Crippen LogP contribution is 2.32. The molecule has 2 aromatic carbocycles. The summed E-state index contributed by atoms with van der Waals surface area (Å²) in [4.78, 5) is 12.0. The Balaban J connectivity index is 0.00000137. The molecule has 1 aliphatic heterocycles. The molecule has 0 aromatic heterocycles. The zero-order valence-electron chi connectivity index (χ0n) is 20.2. The molecule has 190 valence electrons. The topological polar surface area (TPSA) is 105 Å². The smallest absolute Gasteiger partial charge is 0.138 e. The van der Waals surface area contributed by atoms with Gasteiger partial charge in [-0.25, -0.2) is 0 Å². The predicted molar refractivity (Wildman–Crippen MR) is 133 cm³/mol. The number of hydrogen-bond donors (Lipinski definition) is 3. The van der Waals surface area contributed by atoms with Gasteiger partial charge in [0.1, 0.15) is 18.1 Å². The number of ether oxygens (including phenoxy) is 3. The van der Waals surface area contributed by atoms with E-state index in [0.717, 1.165) is 49.7 Å². The van der Waals surface area contributed by atoms with Crippen LogP contribution in [-0.2, 0) is 20.7 Å². The molecule has 0 spiro atoms. The lowest BCUT2D eigenvalue weighted by Gasteiger charge is -2.28. The van der Waals surface area contributed by atoms with Gasteiger partial charge < -0.3 is 29.5 Å². The van der Waals surface area contributed by atoms with E-state index >= 15 is 0 Å². The second kappa shape index (κ2) is 17.4. The minimum Gasteiger partial charge on any atom is -0.491 e. The van der Waals surface area contributed by atoms with Crippen LogP contribution in [-0.4, -0.2) is 67.9 Å². The van der Waals surface area contributed by atoms with E-state index in [1.54, 1.807) is 0 Å². The van der Waals surface area contributed by atoms with E-state index in [9.17, 15) is 9.90 Å². The van der Waals surface area contributed by atoms with Crippen molar-refractivity contribution in [1.82, 2.24) is 0 Å². The Kier molecular flexibility index (Phi) is 15.4. The molecule has 0 saturated carbocycles. The summed E-state index contributed by atoms with van der Waals surface area (Å²) >= 11 is 6.42. The fourth-order valence-electron chi connectivity index (χ4n) is 3.50. The van der Waals surface area contributed by atoms with Crippen LogP contribution in [0.5, 0.6) is 5.75 Å². The number of aliphatic hydroxyl groups excluding tert-OH is 3. The molecule has 0 aliphatic carbocycles. The number of aliphatic hydroxyl groups is 3. The molecule has 3 N–H and O–H groups in total. The number of benzene rings is 2. The zero-order chi connectivity index (χ0) is 25.3. The maximum Gasteiger partial charge on any atom is 0.138 e. The minimum atomic E-state index is -0.435. The SMILES string of the molecule is CCCOCCOc1ccc(Cc2cc(C3CC(=O)CC(CO)O3)ccc2Cl)cc1.CO.CO. The predicted octanol–water partition coefficient (Wildman–Crippen LogP) is 3.73. The fraction of sp³-hybridized carbons (Fsp3) is 0.500. The van der Waals surface area contributed by atoms with Crippen molar-refractivity contribution in [2.24, 2.45) is 0 Å². The van der Waals surface area contributed by atoms with Crippen LogP contribution in [0, 0.1) is 0 Å². The minimum absolute atomic E-state index is 0.109. The summed E-state index contributed by atoms with van der Waals surface area (Å²) in [5, 5.41) is 24.0. The van der Waals surface area contributed by atoms with Crippen molar-refractivity contribution in [1.29, 1.82) is 0 Å². The molecular formula is C26H37ClO7. The van der Waals surface area contributed by atoms with Gasteiger partial charge in [0.25, 0.3) is 0 Å². The van der Waals surface area contributed by atoms with Crippen LogP contribution in [0.25, 0.3) is 0 Å². The van der Waals surface area contributed by atoms with E-state index in [4.69, 9.17) is 36.0 Å². The molecule has 2 aromatic rings. The van der Waals surface area contributed by atoms with Crippen molar-refractivity contribution in [3.8, 4) is 5.75 Å². The first-order valence-electron chi connectivity index (χ1n) is 11.3. The van der Waals surface area contributed by atoms with Gasteiger partial charge in [-0.15, -0.1) is 0 Å². The van der Waals surface area contributed by atoms with Gasteiger partial charge >= 0.3 is 0 Å². The quantitative estimate of drug-likeness (QED) is 0.430. The molecule has 1 aliphatic rings. The van der Waals surface area contributed by atoms with E-state index in [0.29, 0.717) is 31.1 Å². The average Bonchev–Trinajstić information content (AvgIpc) is 2.88. The summed E-state index contributed by atoms with van der Waals surface area (Å²) in [5.41, 5.74) is 2.99. The van der Waals surface area contributed by atoms with Crippen LogP contribution in [0.15, 0.2) is 42.5 Å². The van der Waals surface area contributed by atoms with Gasteiger partial charge in [0.15, 0.2) is 0 Å². The maximum absolute atomic E-state index is 12.0. The molecule has 3 rings (SSSR count). The second-order valence-corrected chi connectivity index (χ2v) is 7.92. The highest BCUT2D eigenvalue weighted by molar-refractivity contribution is 6.31. The van der Waals surface area contributed by atoms with Gasteiger partial charge in [-0.1, -0.05) is 42.8 Å². The summed E-state index contributed by atoms with van der Waals surface area (Å²) in [6.45, 7) is 3.79. The lowest BCUT2D eigenvalue weighted by Crippen LogP contribution is -2.30. The number of halogens is 1. The summed E-state index contributed by atoms with van der Waals surface area (Å²) in [7, 11) is 2.00. The largest absolute Gasteiger partial charge is 0.491 e. The Bertz CT molecular complexity index is 826. The van der Waals surface area contributed by atoms with E-state index in [-0.39, 0.29) is 24.9 Å². The van der Waals surface area contributed by atoms with Crippen molar-refractivity contribution in [2.45, 2.75) is 44.8 Å². The van der Waals surface area contributed by atoms with Crippen molar-refractivity contribution < 1.29 is 34.3 Å². The average molecular weight is 497 g/mol. The normalized spacial score (nSPS) is 17.2. The lowest BCUT2D eigenvalue weighted by molar-refractivity contribution is -0.139. The molecule has 1 fully saturated rings. The molecule has 0 radical (unpaired) electrons. The van der Waals surface area contributed by atoms with Crippen LogP contribution >= 0.6 is 11.6 Å². The van der Waals surface area contributed by atoms with Crippen LogP contribution < -0.4 is 4.74 Å². The van der Waals surface area contributed by atoms with Gasteiger partial charge in [0.2, 0.25) is 0 Å². The van der Waals surface area contributed by atoms with Gasteiger partial charge in [0.05, 0.1) is 25.4 Å². The van der Waals surface area contributed by atoms with Gasteiger partial charge in [0, 0.05) is 38.7 Å². The van der Waals surface area contributed by atoms with Gasteiger partial charge in [-0.3, -0.25) is 4.79 Å². The molecule has 1 saturated heterocycles. The number of rotatable bonds is 10. The highest BCUT2D eigenvalue weighted by Gasteiger charge is 2.28. The standard InChI is InChI=1S/C24H29ClO5.2CH4O/c1-2-9-28-10-11-29-21-6-3-17(4-7-21)12-19-13-18(5-8-23(19)25)24-15-20(27)14-22(16-26)30-24;2*1-2/h3-8,13,22,24,26H,2,9-12,14-16H2,1H3;2*2H,1H3.